The van der Waals surface area contributed by atoms with Crippen molar-refractivity contribution in [1.82, 2.24) is 14.9 Å². The Labute approximate surface area is 123 Å². The predicted octanol–water partition coefficient (Wildman–Crippen LogP) is 2.05. The van der Waals surface area contributed by atoms with Crippen molar-refractivity contribution < 1.29 is 9.59 Å². The molecule has 1 aromatic carbocycles. The largest absolute Gasteiger partial charge is 0.354 e. The van der Waals surface area contributed by atoms with E-state index in [2.05, 4.69) is 10.3 Å². The van der Waals surface area contributed by atoms with Crippen molar-refractivity contribution in [2.24, 2.45) is 5.41 Å². The minimum Gasteiger partial charge on any atom is -0.354 e. The molecule has 108 valence electrons. The number of benzene rings is 1. The molecule has 0 bridgehead atoms. The van der Waals surface area contributed by atoms with Crippen LogP contribution in [0, 0.1) is 5.41 Å². The van der Waals surface area contributed by atoms with E-state index < -0.39 is 5.41 Å². The quantitative estimate of drug-likeness (QED) is 0.917. The van der Waals surface area contributed by atoms with E-state index in [4.69, 9.17) is 0 Å². The van der Waals surface area contributed by atoms with Crippen molar-refractivity contribution in [1.29, 1.82) is 0 Å². The van der Waals surface area contributed by atoms with Crippen molar-refractivity contribution in [3.63, 3.8) is 0 Å². The number of hydrogen-bond acceptors (Lipinski definition) is 3. The molecule has 3 rings (SSSR count). The molecule has 1 N–H and O–H groups in total. The molecular formula is C16H17N3O2. The van der Waals surface area contributed by atoms with Crippen LogP contribution in [0.4, 0.5) is 0 Å². The summed E-state index contributed by atoms with van der Waals surface area (Å²) in [6.45, 7) is 3.82. The van der Waals surface area contributed by atoms with E-state index in [1.165, 1.54) is 6.20 Å². The highest BCUT2D eigenvalue weighted by molar-refractivity contribution is 6.05. The van der Waals surface area contributed by atoms with Gasteiger partial charge in [-0.05, 0) is 5.56 Å². The molecule has 1 heterocycles. The highest BCUT2D eigenvalue weighted by Gasteiger charge is 2.47. The zero-order chi connectivity index (χ0) is 15.2. The summed E-state index contributed by atoms with van der Waals surface area (Å²) in [7, 11) is 1.58. The number of hydrogen-bond donors (Lipinski definition) is 1. The number of aromatic nitrogens is 2. The van der Waals surface area contributed by atoms with Gasteiger partial charge in [0.1, 0.15) is 5.69 Å². The lowest BCUT2D eigenvalue weighted by Crippen LogP contribution is -2.31. The standard InChI is InChI=1S/C16H17N3O2/c1-16(2)13(10-6-4-5-7-11(10)14(16)20)19-9-18-8-12(19)15(21)17-3/h4-9,13H,1-3H3,(H,17,21). The van der Waals surface area contributed by atoms with Crippen LogP contribution in [0.3, 0.4) is 0 Å². The SMILES string of the molecule is CNC(=O)c1cncn1C1c2ccccc2C(=O)C1(C)C. The third-order valence-corrected chi connectivity index (χ3v) is 4.17. The van der Waals surface area contributed by atoms with Crippen LogP contribution in [0.1, 0.15) is 46.3 Å². The van der Waals surface area contributed by atoms with Crippen LogP contribution in [-0.4, -0.2) is 28.3 Å². The van der Waals surface area contributed by atoms with Gasteiger partial charge in [0.05, 0.1) is 24.0 Å². The van der Waals surface area contributed by atoms with Gasteiger partial charge in [0.25, 0.3) is 5.91 Å². The number of carbonyl (C=O) groups is 2. The Morgan fingerprint density at radius 3 is 2.76 bits per heavy atom. The topological polar surface area (TPSA) is 64.0 Å². The number of carbonyl (C=O) groups excluding carboxylic acids is 2. The summed E-state index contributed by atoms with van der Waals surface area (Å²) in [5.74, 6) is -0.111. The first-order valence-corrected chi connectivity index (χ1v) is 6.86. The summed E-state index contributed by atoms with van der Waals surface area (Å²) in [4.78, 5) is 28.7. The molecular weight excluding hydrogens is 266 g/mol. The Balaban J connectivity index is 2.21. The summed E-state index contributed by atoms with van der Waals surface area (Å²) in [6, 6.07) is 7.34. The van der Waals surface area contributed by atoms with Crippen LogP contribution in [0.25, 0.3) is 0 Å². The molecule has 0 spiro atoms. The molecule has 1 atom stereocenters. The Hall–Kier alpha value is -2.43. The van der Waals surface area contributed by atoms with Gasteiger partial charge in [-0.15, -0.1) is 0 Å². The smallest absolute Gasteiger partial charge is 0.269 e. The maximum Gasteiger partial charge on any atom is 0.269 e. The minimum atomic E-state index is -0.618. The van der Waals surface area contributed by atoms with E-state index in [0.29, 0.717) is 5.69 Å². The van der Waals surface area contributed by atoms with E-state index >= 15 is 0 Å². The maximum absolute atomic E-state index is 12.6. The first kappa shape index (κ1) is 13.5. The number of amides is 1. The van der Waals surface area contributed by atoms with Crippen LogP contribution in [0.15, 0.2) is 36.8 Å². The second-order valence-corrected chi connectivity index (χ2v) is 5.81. The fourth-order valence-corrected chi connectivity index (χ4v) is 3.11. The van der Waals surface area contributed by atoms with E-state index in [9.17, 15) is 9.59 Å². The van der Waals surface area contributed by atoms with Gasteiger partial charge in [0.2, 0.25) is 0 Å². The lowest BCUT2D eigenvalue weighted by atomic mass is 9.84. The van der Waals surface area contributed by atoms with E-state index in [1.54, 1.807) is 17.9 Å². The number of ketones is 1. The Morgan fingerprint density at radius 1 is 1.33 bits per heavy atom. The fourth-order valence-electron chi connectivity index (χ4n) is 3.11. The van der Waals surface area contributed by atoms with Gasteiger partial charge in [0, 0.05) is 12.6 Å². The molecule has 0 aliphatic heterocycles. The molecule has 5 heteroatoms. The molecule has 0 fully saturated rings. The highest BCUT2D eigenvalue weighted by atomic mass is 16.2. The molecule has 0 saturated carbocycles. The summed E-state index contributed by atoms with van der Waals surface area (Å²) < 4.78 is 1.79. The molecule has 0 radical (unpaired) electrons. The van der Waals surface area contributed by atoms with E-state index in [1.807, 2.05) is 38.1 Å². The molecule has 1 aliphatic carbocycles. The molecule has 1 aromatic heterocycles. The normalized spacial score (nSPS) is 19.4. The Bertz CT molecular complexity index is 731. The zero-order valence-electron chi connectivity index (χ0n) is 12.3. The Kier molecular flexibility index (Phi) is 2.93. The molecule has 21 heavy (non-hydrogen) atoms. The summed E-state index contributed by atoms with van der Waals surface area (Å²) >= 11 is 0. The van der Waals surface area contributed by atoms with E-state index in [0.717, 1.165) is 11.1 Å². The van der Waals surface area contributed by atoms with Gasteiger partial charge in [-0.3, -0.25) is 9.59 Å². The summed E-state index contributed by atoms with van der Waals surface area (Å²) in [5.41, 5.74) is 1.51. The lowest BCUT2D eigenvalue weighted by molar-refractivity contribution is 0.0811. The predicted molar refractivity (Wildman–Crippen MR) is 78.3 cm³/mol. The average molecular weight is 283 g/mol. The van der Waals surface area contributed by atoms with Crippen molar-refractivity contribution in [3.8, 4) is 0 Å². The van der Waals surface area contributed by atoms with Gasteiger partial charge in [0.15, 0.2) is 5.78 Å². The van der Waals surface area contributed by atoms with Gasteiger partial charge in [-0.1, -0.05) is 38.1 Å². The van der Waals surface area contributed by atoms with Gasteiger partial charge in [-0.25, -0.2) is 4.98 Å². The van der Waals surface area contributed by atoms with Gasteiger partial charge in [-0.2, -0.15) is 0 Å². The first-order chi connectivity index (χ1) is 9.98. The molecule has 1 amide bonds. The van der Waals surface area contributed by atoms with Crippen molar-refractivity contribution in [2.75, 3.05) is 7.05 Å². The van der Waals surface area contributed by atoms with Crippen molar-refractivity contribution in [2.45, 2.75) is 19.9 Å². The Morgan fingerprint density at radius 2 is 2.05 bits per heavy atom. The molecule has 0 saturated heterocycles. The monoisotopic (exact) mass is 283 g/mol. The van der Waals surface area contributed by atoms with Gasteiger partial charge < -0.3 is 9.88 Å². The third-order valence-electron chi connectivity index (χ3n) is 4.17. The highest BCUT2D eigenvalue weighted by Crippen LogP contribution is 2.47. The number of fused-ring (bicyclic) bond motifs is 1. The molecule has 2 aromatic rings. The second-order valence-electron chi connectivity index (χ2n) is 5.81. The van der Waals surface area contributed by atoms with Crippen LogP contribution in [0.2, 0.25) is 0 Å². The lowest BCUT2D eigenvalue weighted by Gasteiger charge is -2.28. The molecule has 5 nitrogen and oxygen atoms in total. The van der Waals surface area contributed by atoms with Gasteiger partial charge >= 0.3 is 0 Å². The number of imidazole rings is 1. The van der Waals surface area contributed by atoms with Crippen LogP contribution in [-0.2, 0) is 0 Å². The van der Waals surface area contributed by atoms with Crippen LogP contribution < -0.4 is 5.32 Å². The molecule has 1 unspecified atom stereocenters. The number of Topliss-reactive ketones (excluding diaryl/α,β-unsaturated/α-hetero) is 1. The third kappa shape index (κ3) is 1.81. The first-order valence-electron chi connectivity index (χ1n) is 6.86. The minimum absolute atomic E-state index is 0.0969. The summed E-state index contributed by atoms with van der Waals surface area (Å²) in [5, 5.41) is 2.61. The van der Waals surface area contributed by atoms with Crippen LogP contribution in [0.5, 0.6) is 0 Å². The van der Waals surface area contributed by atoms with Crippen molar-refractivity contribution in [3.05, 3.63) is 53.6 Å². The summed E-state index contributed by atoms with van der Waals surface area (Å²) in [6.07, 6.45) is 3.15. The van der Waals surface area contributed by atoms with Crippen molar-refractivity contribution >= 4 is 11.7 Å². The number of nitrogens with zero attached hydrogens (tertiary/aromatic N) is 2. The second kappa shape index (κ2) is 4.55. The molecule has 1 aliphatic rings. The zero-order valence-corrected chi connectivity index (χ0v) is 12.3. The average Bonchev–Trinajstić information content (AvgIpc) is 3.01. The fraction of sp³-hybridized carbons (Fsp3) is 0.312. The number of rotatable bonds is 2. The number of nitrogens with one attached hydrogen (secondary N) is 1. The maximum atomic E-state index is 12.6. The van der Waals surface area contributed by atoms with Crippen LogP contribution >= 0.6 is 0 Å². The van der Waals surface area contributed by atoms with E-state index in [-0.39, 0.29) is 17.7 Å².